The van der Waals surface area contributed by atoms with Crippen LogP contribution in [-0.2, 0) is 14.9 Å². The summed E-state index contributed by atoms with van der Waals surface area (Å²) >= 11 is 3.61. The van der Waals surface area contributed by atoms with Gasteiger partial charge in [0.25, 0.3) is 0 Å². The van der Waals surface area contributed by atoms with E-state index >= 15 is 0 Å². The van der Waals surface area contributed by atoms with Crippen molar-refractivity contribution in [3.63, 3.8) is 0 Å². The Hall–Kier alpha value is -3.70. The summed E-state index contributed by atoms with van der Waals surface area (Å²) in [6.45, 7) is 9.96. The predicted octanol–water partition coefficient (Wildman–Crippen LogP) is 11.0. The molecule has 2 aliphatic rings. The maximum absolute atomic E-state index is 5.65. The van der Waals surface area contributed by atoms with Gasteiger partial charge in [-0.1, -0.05) is 110 Å². The van der Waals surface area contributed by atoms with Crippen molar-refractivity contribution in [2.45, 2.75) is 39.4 Å². The van der Waals surface area contributed by atoms with Gasteiger partial charge in [0.05, 0.1) is 13.2 Å². The SMILES string of the molecule is CC.CC1(C)c2ccccc2-c2ccc(N(c3ccc(Br)cc3)c3ccc(-c4ccc(C5OCCO5)cc4)cc3)cc21. The van der Waals surface area contributed by atoms with Crippen molar-refractivity contribution >= 4 is 33.0 Å². The molecule has 1 aliphatic carbocycles. The Kier molecular flexibility index (Phi) is 8.04. The lowest BCUT2D eigenvalue weighted by atomic mass is 9.82. The van der Waals surface area contributed by atoms with Crippen LogP contribution in [0.2, 0.25) is 0 Å². The predicted molar refractivity (Wildman–Crippen MR) is 178 cm³/mol. The highest BCUT2D eigenvalue weighted by Gasteiger charge is 2.35. The number of fused-ring (bicyclic) bond motifs is 3. The summed E-state index contributed by atoms with van der Waals surface area (Å²) in [5, 5.41) is 0. The Labute approximate surface area is 257 Å². The van der Waals surface area contributed by atoms with Crippen LogP contribution in [-0.4, -0.2) is 13.2 Å². The summed E-state index contributed by atoms with van der Waals surface area (Å²) in [5.74, 6) is 0. The molecule has 0 radical (unpaired) electrons. The van der Waals surface area contributed by atoms with E-state index < -0.39 is 0 Å². The van der Waals surface area contributed by atoms with Gasteiger partial charge in [0.15, 0.2) is 6.29 Å². The molecule has 0 unspecified atom stereocenters. The quantitative estimate of drug-likeness (QED) is 0.196. The van der Waals surface area contributed by atoms with Gasteiger partial charge in [-0.05, 0) is 81.9 Å². The Balaban J connectivity index is 0.00000155. The van der Waals surface area contributed by atoms with Crippen LogP contribution >= 0.6 is 15.9 Å². The van der Waals surface area contributed by atoms with Gasteiger partial charge in [-0.15, -0.1) is 0 Å². The molecule has 0 amide bonds. The van der Waals surface area contributed by atoms with Crippen LogP contribution in [0.1, 0.15) is 50.7 Å². The molecule has 42 heavy (non-hydrogen) atoms. The molecule has 1 heterocycles. The van der Waals surface area contributed by atoms with Crippen LogP contribution < -0.4 is 4.90 Å². The van der Waals surface area contributed by atoms with Crippen LogP contribution in [0, 0.1) is 0 Å². The summed E-state index contributed by atoms with van der Waals surface area (Å²) in [6, 6.07) is 41.5. The number of hydrogen-bond acceptors (Lipinski definition) is 3. The van der Waals surface area contributed by atoms with E-state index in [1.807, 2.05) is 13.8 Å². The van der Waals surface area contributed by atoms with E-state index in [1.165, 1.54) is 33.4 Å². The molecule has 4 heteroatoms. The summed E-state index contributed by atoms with van der Waals surface area (Å²) < 4.78 is 12.4. The number of benzene rings is 5. The van der Waals surface area contributed by atoms with Gasteiger partial charge in [-0.2, -0.15) is 0 Å². The van der Waals surface area contributed by atoms with Gasteiger partial charge >= 0.3 is 0 Å². The first kappa shape index (κ1) is 28.4. The van der Waals surface area contributed by atoms with Crippen molar-refractivity contribution in [2.75, 3.05) is 18.1 Å². The van der Waals surface area contributed by atoms with Crippen molar-refractivity contribution in [3.8, 4) is 22.3 Å². The fourth-order valence-electron chi connectivity index (χ4n) is 6.06. The number of hydrogen-bond donors (Lipinski definition) is 0. The van der Waals surface area contributed by atoms with Gasteiger partial charge in [0.1, 0.15) is 0 Å². The maximum atomic E-state index is 5.65. The fraction of sp³-hybridized carbons (Fsp3) is 0.211. The number of anilines is 3. The van der Waals surface area contributed by atoms with E-state index in [4.69, 9.17) is 9.47 Å². The first-order valence-corrected chi connectivity index (χ1v) is 15.5. The third-order valence-corrected chi connectivity index (χ3v) is 8.70. The molecular formula is C38H36BrNO2. The number of halogens is 1. The van der Waals surface area contributed by atoms with E-state index in [0.29, 0.717) is 13.2 Å². The zero-order chi connectivity index (χ0) is 29.3. The lowest BCUT2D eigenvalue weighted by molar-refractivity contribution is -0.0441. The topological polar surface area (TPSA) is 21.7 Å². The number of rotatable bonds is 5. The molecule has 0 spiro atoms. The van der Waals surface area contributed by atoms with Crippen LogP contribution in [0.25, 0.3) is 22.3 Å². The third-order valence-electron chi connectivity index (χ3n) is 8.17. The minimum absolute atomic E-state index is 0.0576. The van der Waals surface area contributed by atoms with E-state index in [1.54, 1.807) is 0 Å². The molecule has 5 aromatic rings. The number of nitrogens with zero attached hydrogens (tertiary/aromatic N) is 1. The normalized spacial score (nSPS) is 15.0. The Morgan fingerprint density at radius 3 is 1.79 bits per heavy atom. The molecule has 212 valence electrons. The lowest BCUT2D eigenvalue weighted by Gasteiger charge is -2.28. The largest absolute Gasteiger partial charge is 0.346 e. The molecule has 1 aliphatic heterocycles. The highest BCUT2D eigenvalue weighted by Crippen LogP contribution is 2.50. The molecule has 1 saturated heterocycles. The van der Waals surface area contributed by atoms with Crippen LogP contribution in [0.5, 0.6) is 0 Å². The van der Waals surface area contributed by atoms with Crippen LogP contribution in [0.3, 0.4) is 0 Å². The molecule has 1 fully saturated rings. The Bertz CT molecular complexity index is 1670. The molecule has 0 saturated carbocycles. The van der Waals surface area contributed by atoms with Gasteiger partial charge in [0.2, 0.25) is 0 Å². The second-order valence-electron chi connectivity index (χ2n) is 11.0. The smallest absolute Gasteiger partial charge is 0.184 e. The van der Waals surface area contributed by atoms with E-state index in [0.717, 1.165) is 27.1 Å². The average Bonchev–Trinajstić information content (AvgIpc) is 3.66. The average molecular weight is 619 g/mol. The molecule has 0 atom stereocenters. The molecule has 0 N–H and O–H groups in total. The Morgan fingerprint density at radius 1 is 0.619 bits per heavy atom. The van der Waals surface area contributed by atoms with Crippen molar-refractivity contribution in [2.24, 2.45) is 0 Å². The molecule has 7 rings (SSSR count). The highest BCUT2D eigenvalue weighted by molar-refractivity contribution is 9.10. The summed E-state index contributed by atoms with van der Waals surface area (Å²) in [6.07, 6.45) is -0.249. The fourth-order valence-corrected chi connectivity index (χ4v) is 6.32. The third kappa shape index (κ3) is 5.20. The highest BCUT2D eigenvalue weighted by atomic mass is 79.9. The van der Waals surface area contributed by atoms with E-state index in [-0.39, 0.29) is 11.7 Å². The van der Waals surface area contributed by atoms with Gasteiger partial charge < -0.3 is 14.4 Å². The zero-order valence-corrected chi connectivity index (χ0v) is 26.2. The summed E-state index contributed by atoms with van der Waals surface area (Å²) in [4.78, 5) is 2.34. The van der Waals surface area contributed by atoms with Gasteiger partial charge in [-0.25, -0.2) is 0 Å². The van der Waals surface area contributed by atoms with Gasteiger partial charge in [0, 0.05) is 32.5 Å². The summed E-state index contributed by atoms with van der Waals surface area (Å²) in [7, 11) is 0. The van der Waals surface area contributed by atoms with Crippen LogP contribution in [0.4, 0.5) is 17.1 Å². The minimum Gasteiger partial charge on any atom is -0.346 e. The molecule has 5 aromatic carbocycles. The second kappa shape index (κ2) is 11.9. The minimum atomic E-state index is -0.249. The molecule has 0 bridgehead atoms. The second-order valence-corrected chi connectivity index (χ2v) is 11.9. The van der Waals surface area contributed by atoms with E-state index in [2.05, 4.69) is 150 Å². The lowest BCUT2D eigenvalue weighted by Crippen LogP contribution is -2.16. The van der Waals surface area contributed by atoms with Crippen molar-refractivity contribution in [1.29, 1.82) is 0 Å². The van der Waals surface area contributed by atoms with Crippen molar-refractivity contribution < 1.29 is 9.47 Å². The Morgan fingerprint density at radius 2 is 1.14 bits per heavy atom. The maximum Gasteiger partial charge on any atom is 0.184 e. The van der Waals surface area contributed by atoms with Crippen molar-refractivity contribution in [3.05, 3.63) is 136 Å². The molecule has 3 nitrogen and oxygen atoms in total. The standard InChI is InChI=1S/C36H30BrNO2.C2H6/c1-36(2)33-6-4-3-5-31(33)32-20-19-30(23-34(32)36)38(29-17-13-27(37)14-18-29)28-15-11-25(12-16-28)24-7-9-26(10-8-24)35-39-21-22-40-35;1-2/h3-20,23,35H,21-22H2,1-2H3;1-2H3. The first-order chi connectivity index (χ1) is 20.5. The molecular weight excluding hydrogens is 582 g/mol. The summed E-state index contributed by atoms with van der Waals surface area (Å²) in [5.41, 5.74) is 12.1. The first-order valence-electron chi connectivity index (χ1n) is 14.7. The van der Waals surface area contributed by atoms with Crippen molar-refractivity contribution in [1.82, 2.24) is 0 Å². The van der Waals surface area contributed by atoms with E-state index in [9.17, 15) is 0 Å². The zero-order valence-electron chi connectivity index (χ0n) is 24.6. The molecule has 0 aromatic heterocycles. The monoisotopic (exact) mass is 617 g/mol. The number of ether oxygens (including phenoxy) is 2. The van der Waals surface area contributed by atoms with Gasteiger partial charge in [-0.3, -0.25) is 0 Å². The van der Waals surface area contributed by atoms with Crippen LogP contribution in [0.15, 0.2) is 120 Å².